The predicted octanol–water partition coefficient (Wildman–Crippen LogP) is 2.18. The Morgan fingerprint density at radius 1 is 1.29 bits per heavy atom. The van der Waals surface area contributed by atoms with Gasteiger partial charge in [-0.15, -0.1) is 5.10 Å². The van der Waals surface area contributed by atoms with Crippen molar-refractivity contribution in [2.75, 3.05) is 0 Å². The number of amides is 1. The van der Waals surface area contributed by atoms with Crippen LogP contribution in [-0.2, 0) is 5.75 Å². The summed E-state index contributed by atoms with van der Waals surface area (Å²) in [6.07, 6.45) is 4.82. The number of rotatable bonds is 5. The van der Waals surface area contributed by atoms with Gasteiger partial charge in [-0.1, -0.05) is 36.7 Å². The number of benzene rings is 1. The Labute approximate surface area is 127 Å². The Morgan fingerprint density at radius 2 is 2.00 bits per heavy atom. The molecule has 1 heterocycles. The highest BCUT2D eigenvalue weighted by Gasteiger charge is 2.21. The summed E-state index contributed by atoms with van der Waals surface area (Å²) in [5.74, 6) is 0.367. The largest absolute Gasteiger partial charge is 0.366 e. The van der Waals surface area contributed by atoms with Crippen molar-refractivity contribution < 1.29 is 4.79 Å². The fourth-order valence-electron chi connectivity index (χ4n) is 2.57. The van der Waals surface area contributed by atoms with Crippen LogP contribution in [0.3, 0.4) is 0 Å². The van der Waals surface area contributed by atoms with Crippen molar-refractivity contribution in [3.8, 4) is 0 Å². The lowest BCUT2D eigenvalue weighted by Crippen LogP contribution is -2.10. The van der Waals surface area contributed by atoms with Crippen molar-refractivity contribution in [1.29, 1.82) is 0 Å². The molecular formula is C14H17N5OS. The van der Waals surface area contributed by atoms with Gasteiger partial charge in [0.05, 0.1) is 6.04 Å². The summed E-state index contributed by atoms with van der Waals surface area (Å²) in [6.45, 7) is 0. The maximum Gasteiger partial charge on any atom is 0.248 e. The minimum absolute atomic E-state index is 0.403. The van der Waals surface area contributed by atoms with Crippen LogP contribution in [0.2, 0.25) is 0 Å². The van der Waals surface area contributed by atoms with Gasteiger partial charge in [0.1, 0.15) is 0 Å². The highest BCUT2D eigenvalue weighted by molar-refractivity contribution is 7.98. The first-order valence-electron chi connectivity index (χ1n) is 7.03. The molecule has 2 N–H and O–H groups in total. The Bertz CT molecular complexity index is 619. The number of aromatic nitrogens is 4. The van der Waals surface area contributed by atoms with Crippen LogP contribution in [0, 0.1) is 0 Å². The molecule has 1 fully saturated rings. The summed E-state index contributed by atoms with van der Waals surface area (Å²) in [5, 5.41) is 12.9. The lowest BCUT2D eigenvalue weighted by Gasteiger charge is -2.10. The number of tetrazole rings is 1. The van der Waals surface area contributed by atoms with Crippen LogP contribution in [0.5, 0.6) is 0 Å². The molecule has 1 aliphatic rings. The summed E-state index contributed by atoms with van der Waals surface area (Å²) < 4.78 is 1.95. The molecule has 0 unspecified atom stereocenters. The maximum atomic E-state index is 11.0. The number of primary amides is 1. The van der Waals surface area contributed by atoms with E-state index in [-0.39, 0.29) is 0 Å². The number of carbonyl (C=O) groups is 1. The third-order valence-electron chi connectivity index (χ3n) is 3.74. The molecule has 0 saturated heterocycles. The van der Waals surface area contributed by atoms with Crippen molar-refractivity contribution in [2.24, 2.45) is 5.73 Å². The van der Waals surface area contributed by atoms with Crippen LogP contribution in [0.15, 0.2) is 29.4 Å². The second kappa shape index (κ2) is 6.26. The number of nitrogens with two attached hydrogens (primary N) is 1. The molecular weight excluding hydrogens is 286 g/mol. The average Bonchev–Trinajstić information content (AvgIpc) is 3.16. The Morgan fingerprint density at radius 3 is 2.67 bits per heavy atom. The lowest BCUT2D eigenvalue weighted by molar-refractivity contribution is 0.100. The van der Waals surface area contributed by atoms with E-state index in [0.717, 1.165) is 29.3 Å². The van der Waals surface area contributed by atoms with Crippen LogP contribution in [0.1, 0.15) is 47.6 Å². The van der Waals surface area contributed by atoms with E-state index < -0.39 is 5.91 Å². The van der Waals surface area contributed by atoms with E-state index in [1.165, 1.54) is 12.8 Å². The molecule has 7 heteroatoms. The topological polar surface area (TPSA) is 86.7 Å². The number of carbonyl (C=O) groups excluding carboxylic acids is 1. The zero-order valence-corrected chi connectivity index (χ0v) is 12.4. The fraction of sp³-hybridized carbons (Fsp3) is 0.429. The van der Waals surface area contributed by atoms with Crippen LogP contribution in [0.25, 0.3) is 0 Å². The van der Waals surface area contributed by atoms with Crippen molar-refractivity contribution in [2.45, 2.75) is 42.6 Å². The molecule has 0 aliphatic heterocycles. The van der Waals surface area contributed by atoms with Crippen molar-refractivity contribution >= 4 is 17.7 Å². The van der Waals surface area contributed by atoms with Gasteiger partial charge in [-0.25, -0.2) is 4.68 Å². The zero-order chi connectivity index (χ0) is 14.7. The van der Waals surface area contributed by atoms with Gasteiger partial charge in [-0.05, 0) is 41.0 Å². The molecule has 0 bridgehead atoms. The molecule has 1 aromatic carbocycles. The summed E-state index contributed by atoms with van der Waals surface area (Å²) >= 11 is 1.62. The van der Waals surface area contributed by atoms with E-state index in [1.807, 2.05) is 16.8 Å². The SMILES string of the molecule is NC(=O)c1ccc(CSc2nnnn2C2CCCC2)cc1. The normalized spacial score (nSPS) is 15.4. The zero-order valence-electron chi connectivity index (χ0n) is 11.6. The van der Waals surface area contributed by atoms with Crippen molar-refractivity contribution in [3.63, 3.8) is 0 Å². The van der Waals surface area contributed by atoms with Crippen molar-refractivity contribution in [3.05, 3.63) is 35.4 Å². The first kappa shape index (κ1) is 14.1. The van der Waals surface area contributed by atoms with Crippen LogP contribution in [-0.4, -0.2) is 26.1 Å². The van der Waals surface area contributed by atoms with E-state index in [9.17, 15) is 4.79 Å². The second-order valence-electron chi connectivity index (χ2n) is 5.19. The molecule has 1 aromatic heterocycles. The third-order valence-corrected chi connectivity index (χ3v) is 4.74. The lowest BCUT2D eigenvalue weighted by atomic mass is 10.1. The molecule has 1 saturated carbocycles. The molecule has 110 valence electrons. The standard InChI is InChI=1S/C14H17N5OS/c15-13(20)11-7-5-10(6-8-11)9-21-14-16-17-18-19(14)12-3-1-2-4-12/h5-8,12H,1-4,9H2,(H2,15,20). The molecule has 1 amide bonds. The summed E-state index contributed by atoms with van der Waals surface area (Å²) in [5.41, 5.74) is 6.87. The van der Waals surface area contributed by atoms with Gasteiger partial charge in [0.2, 0.25) is 11.1 Å². The molecule has 1 aliphatic carbocycles. The first-order chi connectivity index (χ1) is 10.2. The fourth-order valence-corrected chi connectivity index (χ4v) is 3.47. The second-order valence-corrected chi connectivity index (χ2v) is 6.14. The van der Waals surface area contributed by atoms with E-state index in [2.05, 4.69) is 15.5 Å². The third kappa shape index (κ3) is 3.24. The van der Waals surface area contributed by atoms with Gasteiger partial charge in [-0.3, -0.25) is 4.79 Å². The van der Waals surface area contributed by atoms with E-state index >= 15 is 0 Å². The summed E-state index contributed by atoms with van der Waals surface area (Å²) in [6, 6.07) is 7.77. The van der Waals surface area contributed by atoms with Gasteiger partial charge in [0.25, 0.3) is 0 Å². The molecule has 0 radical (unpaired) electrons. The molecule has 6 nitrogen and oxygen atoms in total. The first-order valence-corrected chi connectivity index (χ1v) is 8.02. The summed E-state index contributed by atoms with van der Waals surface area (Å²) in [7, 11) is 0. The average molecular weight is 303 g/mol. The van der Waals surface area contributed by atoms with Gasteiger partial charge >= 0.3 is 0 Å². The molecule has 2 aromatic rings. The molecule has 3 rings (SSSR count). The van der Waals surface area contributed by atoms with Crippen LogP contribution < -0.4 is 5.73 Å². The van der Waals surface area contributed by atoms with Gasteiger partial charge in [0, 0.05) is 11.3 Å². The minimum Gasteiger partial charge on any atom is -0.366 e. The Kier molecular flexibility index (Phi) is 4.19. The van der Waals surface area contributed by atoms with Gasteiger partial charge in [-0.2, -0.15) is 0 Å². The van der Waals surface area contributed by atoms with Crippen LogP contribution in [0.4, 0.5) is 0 Å². The Hall–Kier alpha value is -1.89. The minimum atomic E-state index is -0.403. The van der Waals surface area contributed by atoms with E-state index in [1.54, 1.807) is 23.9 Å². The number of thioether (sulfide) groups is 1. The van der Waals surface area contributed by atoms with E-state index in [4.69, 9.17) is 5.73 Å². The van der Waals surface area contributed by atoms with E-state index in [0.29, 0.717) is 11.6 Å². The molecule has 0 spiro atoms. The van der Waals surface area contributed by atoms with Crippen molar-refractivity contribution in [1.82, 2.24) is 20.2 Å². The van der Waals surface area contributed by atoms with Crippen LogP contribution >= 0.6 is 11.8 Å². The predicted molar refractivity (Wildman–Crippen MR) is 79.8 cm³/mol. The number of hydrogen-bond acceptors (Lipinski definition) is 5. The van der Waals surface area contributed by atoms with Gasteiger partial charge < -0.3 is 5.73 Å². The number of nitrogens with zero attached hydrogens (tertiary/aromatic N) is 4. The monoisotopic (exact) mass is 303 g/mol. The van der Waals surface area contributed by atoms with Gasteiger partial charge in [0.15, 0.2) is 0 Å². The molecule has 0 atom stereocenters. The quantitative estimate of drug-likeness (QED) is 0.855. The molecule has 21 heavy (non-hydrogen) atoms. The number of hydrogen-bond donors (Lipinski definition) is 1. The smallest absolute Gasteiger partial charge is 0.248 e. The summed E-state index contributed by atoms with van der Waals surface area (Å²) in [4.78, 5) is 11.0. The maximum absolute atomic E-state index is 11.0. The Balaban J connectivity index is 1.65. The highest BCUT2D eigenvalue weighted by atomic mass is 32.2. The highest BCUT2D eigenvalue weighted by Crippen LogP contribution is 2.32.